The Labute approximate surface area is 126 Å². The van der Waals surface area contributed by atoms with Crippen molar-refractivity contribution in [1.29, 1.82) is 0 Å². The number of nitrogens with zero attached hydrogens (tertiary/aromatic N) is 2. The molecule has 0 aromatic heterocycles. The molecular weight excluding hydrogens is 266 g/mol. The minimum Gasteiger partial charge on any atom is -0.378 e. The van der Waals surface area contributed by atoms with Gasteiger partial charge in [0.05, 0.1) is 19.3 Å². The molecule has 5 nitrogen and oxygen atoms in total. The van der Waals surface area contributed by atoms with Gasteiger partial charge < -0.3 is 15.4 Å². The van der Waals surface area contributed by atoms with Gasteiger partial charge in [0.2, 0.25) is 5.91 Å². The largest absolute Gasteiger partial charge is 0.378 e. The molecule has 0 unspecified atom stereocenters. The first-order chi connectivity index (χ1) is 10.1. The van der Waals surface area contributed by atoms with Crippen molar-refractivity contribution in [3.63, 3.8) is 0 Å². The van der Waals surface area contributed by atoms with Crippen molar-refractivity contribution in [3.8, 4) is 0 Å². The Morgan fingerprint density at radius 2 is 1.95 bits per heavy atom. The number of ether oxygens (including phenoxy) is 1. The van der Waals surface area contributed by atoms with Crippen molar-refractivity contribution in [2.24, 2.45) is 5.73 Å². The lowest BCUT2D eigenvalue weighted by Gasteiger charge is -2.29. The molecule has 0 aliphatic carbocycles. The summed E-state index contributed by atoms with van der Waals surface area (Å²) in [7, 11) is 1.94. The Balaban J connectivity index is 1.97. The molecule has 2 rings (SSSR count). The maximum Gasteiger partial charge on any atom is 0.234 e. The molecule has 2 N–H and O–H groups in total. The highest BCUT2D eigenvalue weighted by Crippen LogP contribution is 2.18. The topological polar surface area (TPSA) is 58.8 Å². The Kier molecular flexibility index (Phi) is 5.59. The number of hydrogen-bond donors (Lipinski definition) is 1. The lowest BCUT2D eigenvalue weighted by atomic mass is 10.1. The summed E-state index contributed by atoms with van der Waals surface area (Å²) in [5, 5.41) is 0. The molecule has 1 fully saturated rings. The summed E-state index contributed by atoms with van der Waals surface area (Å²) >= 11 is 0. The predicted octanol–water partition coefficient (Wildman–Crippen LogP) is 1.22. The minimum atomic E-state index is -0.259. The van der Waals surface area contributed by atoms with Gasteiger partial charge in [0.15, 0.2) is 0 Å². The fourth-order valence-corrected chi connectivity index (χ4v) is 2.76. The fraction of sp³-hybridized carbons (Fsp3) is 0.562. The minimum absolute atomic E-state index is 0.205. The van der Waals surface area contributed by atoms with E-state index in [-0.39, 0.29) is 11.9 Å². The van der Waals surface area contributed by atoms with E-state index in [0.717, 1.165) is 39.3 Å². The van der Waals surface area contributed by atoms with Gasteiger partial charge in [-0.1, -0.05) is 19.1 Å². The molecule has 5 heteroatoms. The molecule has 1 atom stereocenters. The van der Waals surface area contributed by atoms with Crippen molar-refractivity contribution < 1.29 is 9.53 Å². The summed E-state index contributed by atoms with van der Waals surface area (Å²) in [6.45, 7) is 6.18. The molecule has 1 saturated heterocycles. The average molecular weight is 291 g/mol. The maximum absolute atomic E-state index is 11.4. The highest BCUT2D eigenvalue weighted by atomic mass is 16.5. The van der Waals surface area contributed by atoms with Crippen molar-refractivity contribution in [2.45, 2.75) is 25.9 Å². The quantitative estimate of drug-likeness (QED) is 0.856. The smallest absolute Gasteiger partial charge is 0.234 e. The number of carbonyl (C=O) groups is 1. The van der Waals surface area contributed by atoms with Gasteiger partial charge in [-0.05, 0) is 31.2 Å². The van der Waals surface area contributed by atoms with Crippen molar-refractivity contribution >= 4 is 11.6 Å². The lowest BCUT2D eigenvalue weighted by Crippen LogP contribution is -2.41. The zero-order valence-electron chi connectivity index (χ0n) is 12.9. The van der Waals surface area contributed by atoms with Gasteiger partial charge in [-0.25, -0.2) is 0 Å². The van der Waals surface area contributed by atoms with Gasteiger partial charge in [-0.3, -0.25) is 9.69 Å². The number of primary amides is 1. The van der Waals surface area contributed by atoms with E-state index in [9.17, 15) is 4.79 Å². The summed E-state index contributed by atoms with van der Waals surface area (Å²) in [5.74, 6) is -0.259. The SMILES string of the molecule is CC[C@@H](C(N)=O)N(C)Cc1ccc(N2CCOCC2)cc1. The number of rotatable bonds is 6. The van der Waals surface area contributed by atoms with Gasteiger partial charge in [0.1, 0.15) is 0 Å². The van der Waals surface area contributed by atoms with Crippen LogP contribution >= 0.6 is 0 Å². The summed E-state index contributed by atoms with van der Waals surface area (Å²) < 4.78 is 5.37. The predicted molar refractivity (Wildman–Crippen MR) is 84.2 cm³/mol. The first-order valence-electron chi connectivity index (χ1n) is 7.53. The molecule has 1 aromatic rings. The molecule has 1 aliphatic rings. The van der Waals surface area contributed by atoms with Gasteiger partial charge in [-0.2, -0.15) is 0 Å². The van der Waals surface area contributed by atoms with Gasteiger partial charge in [-0.15, -0.1) is 0 Å². The summed E-state index contributed by atoms with van der Waals surface area (Å²) in [6, 6.07) is 8.31. The van der Waals surface area contributed by atoms with Gasteiger partial charge in [0, 0.05) is 25.3 Å². The molecule has 1 aliphatic heterocycles. The molecule has 1 heterocycles. The number of likely N-dealkylation sites (N-methyl/N-ethyl adjacent to an activating group) is 1. The number of anilines is 1. The van der Waals surface area contributed by atoms with Crippen LogP contribution < -0.4 is 10.6 Å². The second-order valence-electron chi connectivity index (χ2n) is 5.51. The molecule has 0 bridgehead atoms. The third-order valence-electron chi connectivity index (χ3n) is 3.99. The summed E-state index contributed by atoms with van der Waals surface area (Å²) in [4.78, 5) is 15.7. The van der Waals surface area contributed by atoms with Crippen LogP contribution in [0.5, 0.6) is 0 Å². The number of carbonyl (C=O) groups excluding carboxylic acids is 1. The highest BCUT2D eigenvalue weighted by molar-refractivity contribution is 5.79. The van der Waals surface area contributed by atoms with Crippen LogP contribution in [0.4, 0.5) is 5.69 Å². The molecule has 0 spiro atoms. The number of benzene rings is 1. The van der Waals surface area contributed by atoms with E-state index in [4.69, 9.17) is 10.5 Å². The Hall–Kier alpha value is -1.59. The second kappa shape index (κ2) is 7.43. The van der Waals surface area contributed by atoms with Crippen LogP contribution in [0.25, 0.3) is 0 Å². The number of nitrogens with two attached hydrogens (primary N) is 1. The molecule has 0 saturated carbocycles. The average Bonchev–Trinajstić information content (AvgIpc) is 2.49. The van der Waals surface area contributed by atoms with Crippen molar-refractivity contribution in [3.05, 3.63) is 29.8 Å². The maximum atomic E-state index is 11.4. The Morgan fingerprint density at radius 1 is 1.33 bits per heavy atom. The van der Waals surface area contributed by atoms with Crippen molar-refractivity contribution in [1.82, 2.24) is 4.90 Å². The Bertz CT molecular complexity index is 455. The first kappa shape index (κ1) is 15.8. The standard InChI is InChI=1S/C16H25N3O2/c1-3-15(16(17)20)18(2)12-13-4-6-14(7-5-13)19-8-10-21-11-9-19/h4-7,15H,3,8-12H2,1-2H3,(H2,17,20)/t15-/m0/s1. The monoisotopic (exact) mass is 291 g/mol. The zero-order chi connectivity index (χ0) is 15.2. The van der Waals surface area contributed by atoms with E-state index >= 15 is 0 Å². The van der Waals surface area contributed by atoms with E-state index in [1.165, 1.54) is 11.3 Å². The molecule has 1 amide bonds. The molecule has 0 radical (unpaired) electrons. The van der Waals surface area contributed by atoms with Gasteiger partial charge >= 0.3 is 0 Å². The van der Waals surface area contributed by atoms with E-state index in [1.807, 2.05) is 18.9 Å². The summed E-state index contributed by atoms with van der Waals surface area (Å²) in [6.07, 6.45) is 0.734. The molecule has 1 aromatic carbocycles. The number of morpholine rings is 1. The zero-order valence-corrected chi connectivity index (χ0v) is 12.9. The van der Waals surface area contributed by atoms with Crippen LogP contribution in [0.1, 0.15) is 18.9 Å². The van der Waals surface area contributed by atoms with Crippen LogP contribution in [0.2, 0.25) is 0 Å². The highest BCUT2D eigenvalue weighted by Gasteiger charge is 2.18. The van der Waals surface area contributed by atoms with Crippen LogP contribution in [0, 0.1) is 0 Å². The third-order valence-corrected chi connectivity index (χ3v) is 3.99. The molecule has 21 heavy (non-hydrogen) atoms. The number of amides is 1. The molecular formula is C16H25N3O2. The third kappa shape index (κ3) is 4.19. The van der Waals surface area contributed by atoms with E-state index in [0.29, 0.717) is 0 Å². The first-order valence-corrected chi connectivity index (χ1v) is 7.53. The summed E-state index contributed by atoms with van der Waals surface area (Å²) in [5.41, 5.74) is 7.84. The van der Waals surface area contributed by atoms with E-state index in [1.54, 1.807) is 0 Å². The van der Waals surface area contributed by atoms with Crippen LogP contribution in [-0.4, -0.2) is 50.2 Å². The Morgan fingerprint density at radius 3 is 2.48 bits per heavy atom. The molecule has 116 valence electrons. The fourth-order valence-electron chi connectivity index (χ4n) is 2.76. The van der Waals surface area contributed by atoms with Crippen molar-refractivity contribution in [2.75, 3.05) is 38.3 Å². The van der Waals surface area contributed by atoms with E-state index in [2.05, 4.69) is 29.2 Å². The van der Waals surface area contributed by atoms with Crippen LogP contribution in [-0.2, 0) is 16.1 Å². The van der Waals surface area contributed by atoms with Crippen LogP contribution in [0.3, 0.4) is 0 Å². The number of hydrogen-bond acceptors (Lipinski definition) is 4. The lowest BCUT2D eigenvalue weighted by molar-refractivity contribution is -0.123. The van der Waals surface area contributed by atoms with Crippen LogP contribution in [0.15, 0.2) is 24.3 Å². The normalized spacial score (nSPS) is 17.0. The van der Waals surface area contributed by atoms with E-state index < -0.39 is 0 Å². The van der Waals surface area contributed by atoms with Gasteiger partial charge in [0.25, 0.3) is 0 Å². The second-order valence-corrected chi connectivity index (χ2v) is 5.51.